The molecule has 5 heteroatoms. The zero-order valence-corrected chi connectivity index (χ0v) is 9.14. The predicted molar refractivity (Wildman–Crippen MR) is 61.8 cm³/mol. The lowest BCUT2D eigenvalue weighted by Gasteiger charge is -2.08. The Kier molecular flexibility index (Phi) is 3.62. The van der Waals surface area contributed by atoms with Crippen LogP contribution in [0.15, 0.2) is 18.2 Å². The molecule has 0 spiro atoms. The van der Waals surface area contributed by atoms with Gasteiger partial charge in [0, 0.05) is 5.56 Å². The summed E-state index contributed by atoms with van der Waals surface area (Å²) in [6.07, 6.45) is 0. The van der Waals surface area contributed by atoms with E-state index in [9.17, 15) is 4.79 Å². The molecule has 1 aromatic rings. The summed E-state index contributed by atoms with van der Waals surface area (Å²) in [5.41, 5.74) is 12.0. The molecular formula is C10H12N2O2S. The molecular weight excluding hydrogens is 212 g/mol. The van der Waals surface area contributed by atoms with Crippen molar-refractivity contribution in [3.05, 3.63) is 29.3 Å². The highest BCUT2D eigenvalue weighted by molar-refractivity contribution is 7.80. The summed E-state index contributed by atoms with van der Waals surface area (Å²) in [4.78, 5) is 10.8. The van der Waals surface area contributed by atoms with Gasteiger partial charge in [-0.25, -0.2) is 0 Å². The molecule has 0 heterocycles. The molecule has 0 radical (unpaired) electrons. The van der Waals surface area contributed by atoms with Crippen molar-refractivity contribution in [1.82, 2.24) is 0 Å². The minimum absolute atomic E-state index is 0.151. The number of aryl methyl sites for hydroxylation is 1. The van der Waals surface area contributed by atoms with Crippen LogP contribution < -0.4 is 16.2 Å². The van der Waals surface area contributed by atoms with Crippen LogP contribution in [0.25, 0.3) is 0 Å². The monoisotopic (exact) mass is 224 g/mol. The van der Waals surface area contributed by atoms with Gasteiger partial charge in [0.1, 0.15) is 10.7 Å². The lowest BCUT2D eigenvalue weighted by Crippen LogP contribution is -2.20. The number of primary amides is 1. The van der Waals surface area contributed by atoms with Gasteiger partial charge >= 0.3 is 0 Å². The minimum Gasteiger partial charge on any atom is -0.483 e. The van der Waals surface area contributed by atoms with Crippen LogP contribution in [-0.2, 0) is 4.79 Å². The maximum atomic E-state index is 10.5. The van der Waals surface area contributed by atoms with Crippen LogP contribution in [0, 0.1) is 6.92 Å². The third kappa shape index (κ3) is 3.21. The highest BCUT2D eigenvalue weighted by Crippen LogP contribution is 2.19. The van der Waals surface area contributed by atoms with Crippen molar-refractivity contribution in [2.75, 3.05) is 6.61 Å². The summed E-state index contributed by atoms with van der Waals surface area (Å²) in [5, 5.41) is 0. The first-order valence-electron chi connectivity index (χ1n) is 4.32. The van der Waals surface area contributed by atoms with E-state index in [1.54, 1.807) is 12.1 Å². The molecule has 15 heavy (non-hydrogen) atoms. The Bertz CT molecular complexity index is 404. The number of hydrogen-bond donors (Lipinski definition) is 2. The number of amides is 1. The minimum atomic E-state index is -0.518. The third-order valence-corrected chi connectivity index (χ3v) is 2.08. The summed E-state index contributed by atoms with van der Waals surface area (Å²) in [6, 6.07) is 5.32. The van der Waals surface area contributed by atoms with Crippen LogP contribution in [-0.4, -0.2) is 17.5 Å². The van der Waals surface area contributed by atoms with Crippen LogP contribution in [0.3, 0.4) is 0 Å². The van der Waals surface area contributed by atoms with Crippen LogP contribution in [0.2, 0.25) is 0 Å². The number of hydrogen-bond acceptors (Lipinski definition) is 3. The van der Waals surface area contributed by atoms with Gasteiger partial charge in [0.15, 0.2) is 6.61 Å². The Morgan fingerprint density at radius 3 is 2.67 bits per heavy atom. The molecule has 1 amide bonds. The first-order chi connectivity index (χ1) is 7.00. The molecule has 4 N–H and O–H groups in total. The van der Waals surface area contributed by atoms with Crippen molar-refractivity contribution in [3.63, 3.8) is 0 Å². The van der Waals surface area contributed by atoms with Gasteiger partial charge in [-0.15, -0.1) is 0 Å². The maximum absolute atomic E-state index is 10.5. The normalized spacial score (nSPS) is 9.67. The van der Waals surface area contributed by atoms with Crippen LogP contribution in [0.4, 0.5) is 0 Å². The fourth-order valence-corrected chi connectivity index (χ4v) is 1.18. The number of benzene rings is 1. The van der Waals surface area contributed by atoms with Crippen molar-refractivity contribution < 1.29 is 9.53 Å². The molecule has 1 rings (SSSR count). The second-order valence-electron chi connectivity index (χ2n) is 3.10. The summed E-state index contributed by atoms with van der Waals surface area (Å²) < 4.78 is 5.20. The Morgan fingerprint density at radius 2 is 2.13 bits per heavy atom. The van der Waals surface area contributed by atoms with Crippen molar-refractivity contribution in [3.8, 4) is 5.75 Å². The fraction of sp³-hybridized carbons (Fsp3) is 0.200. The summed E-state index contributed by atoms with van der Waals surface area (Å²) in [6.45, 7) is 1.71. The molecule has 80 valence electrons. The third-order valence-electron chi connectivity index (χ3n) is 1.84. The number of carbonyl (C=O) groups excluding carboxylic acids is 1. The first kappa shape index (κ1) is 11.5. The smallest absolute Gasteiger partial charge is 0.255 e. The molecule has 0 saturated carbocycles. The van der Waals surface area contributed by atoms with E-state index in [-0.39, 0.29) is 6.61 Å². The highest BCUT2D eigenvalue weighted by Gasteiger charge is 2.04. The largest absolute Gasteiger partial charge is 0.483 e. The van der Waals surface area contributed by atoms with E-state index >= 15 is 0 Å². The molecule has 0 bridgehead atoms. The number of carbonyl (C=O) groups is 1. The lowest BCUT2D eigenvalue weighted by molar-refractivity contribution is -0.119. The zero-order valence-electron chi connectivity index (χ0n) is 8.32. The molecule has 0 aliphatic carbocycles. The summed E-state index contributed by atoms with van der Waals surface area (Å²) >= 11 is 4.83. The standard InChI is InChI=1S/C10H12N2O2S/c1-6-2-3-7(10(12)15)4-8(6)14-5-9(11)13/h2-4H,5H2,1H3,(H2,11,13)(H2,12,15). The van der Waals surface area contributed by atoms with E-state index in [2.05, 4.69) is 0 Å². The molecule has 0 aromatic heterocycles. The van der Waals surface area contributed by atoms with Gasteiger partial charge in [-0.05, 0) is 18.6 Å². The Morgan fingerprint density at radius 1 is 1.47 bits per heavy atom. The van der Waals surface area contributed by atoms with Crippen molar-refractivity contribution in [1.29, 1.82) is 0 Å². The maximum Gasteiger partial charge on any atom is 0.255 e. The van der Waals surface area contributed by atoms with E-state index in [1.165, 1.54) is 0 Å². The van der Waals surface area contributed by atoms with Crippen molar-refractivity contribution in [2.24, 2.45) is 11.5 Å². The average molecular weight is 224 g/mol. The Hall–Kier alpha value is -1.62. The van der Waals surface area contributed by atoms with Gasteiger partial charge in [0.2, 0.25) is 0 Å². The van der Waals surface area contributed by atoms with Crippen LogP contribution in [0.5, 0.6) is 5.75 Å². The van der Waals surface area contributed by atoms with Gasteiger partial charge < -0.3 is 16.2 Å². The SMILES string of the molecule is Cc1ccc(C(N)=S)cc1OCC(N)=O. The summed E-state index contributed by atoms with van der Waals surface area (Å²) in [5.74, 6) is 0.0502. The molecule has 0 unspecified atom stereocenters. The Labute approximate surface area is 93.2 Å². The van der Waals surface area contributed by atoms with E-state index in [0.717, 1.165) is 5.56 Å². The molecule has 4 nitrogen and oxygen atoms in total. The molecule has 0 aliphatic heterocycles. The molecule has 0 atom stereocenters. The first-order valence-corrected chi connectivity index (χ1v) is 4.73. The fourth-order valence-electron chi connectivity index (χ4n) is 1.06. The number of nitrogens with two attached hydrogens (primary N) is 2. The van der Waals surface area contributed by atoms with Crippen molar-refractivity contribution in [2.45, 2.75) is 6.92 Å². The number of thiocarbonyl (C=S) groups is 1. The van der Waals surface area contributed by atoms with E-state index < -0.39 is 5.91 Å². The van der Waals surface area contributed by atoms with E-state index in [1.807, 2.05) is 13.0 Å². The highest BCUT2D eigenvalue weighted by atomic mass is 32.1. The molecule has 0 aliphatic rings. The number of ether oxygens (including phenoxy) is 1. The number of rotatable bonds is 4. The quantitative estimate of drug-likeness (QED) is 0.730. The predicted octanol–water partition coefficient (Wildman–Crippen LogP) is 0.493. The van der Waals surface area contributed by atoms with Gasteiger partial charge in [0.25, 0.3) is 5.91 Å². The van der Waals surface area contributed by atoms with Crippen LogP contribution >= 0.6 is 12.2 Å². The molecule has 0 saturated heterocycles. The van der Waals surface area contributed by atoms with E-state index in [0.29, 0.717) is 16.3 Å². The lowest BCUT2D eigenvalue weighted by atomic mass is 10.1. The average Bonchev–Trinajstić information content (AvgIpc) is 2.16. The zero-order chi connectivity index (χ0) is 11.4. The van der Waals surface area contributed by atoms with Crippen molar-refractivity contribution >= 4 is 23.1 Å². The van der Waals surface area contributed by atoms with Gasteiger partial charge in [-0.1, -0.05) is 24.4 Å². The second-order valence-corrected chi connectivity index (χ2v) is 3.54. The summed E-state index contributed by atoms with van der Waals surface area (Å²) in [7, 11) is 0. The molecule has 0 fully saturated rings. The van der Waals surface area contributed by atoms with Crippen LogP contribution in [0.1, 0.15) is 11.1 Å². The Balaban J connectivity index is 2.90. The van der Waals surface area contributed by atoms with E-state index in [4.69, 9.17) is 28.4 Å². The molecule has 1 aromatic carbocycles. The topological polar surface area (TPSA) is 78.3 Å². The second kappa shape index (κ2) is 4.75. The van der Waals surface area contributed by atoms with Gasteiger partial charge in [-0.3, -0.25) is 4.79 Å². The van der Waals surface area contributed by atoms with Gasteiger partial charge in [-0.2, -0.15) is 0 Å². The van der Waals surface area contributed by atoms with Gasteiger partial charge in [0.05, 0.1) is 0 Å².